The van der Waals surface area contributed by atoms with Crippen molar-refractivity contribution >= 4 is 0 Å². The average molecular weight is 219 g/mol. The van der Waals surface area contributed by atoms with Crippen LogP contribution in [0.5, 0.6) is 0 Å². The third-order valence-corrected chi connectivity index (χ3v) is 3.12. The van der Waals surface area contributed by atoms with Crippen molar-refractivity contribution in [1.29, 1.82) is 5.26 Å². The molecule has 0 aliphatic rings. The first-order chi connectivity index (χ1) is 7.60. The summed E-state index contributed by atoms with van der Waals surface area (Å²) in [6.07, 6.45) is 2.39. The van der Waals surface area contributed by atoms with E-state index in [0.29, 0.717) is 6.04 Å². The minimum Gasteiger partial charge on any atom is -0.340 e. The fourth-order valence-corrected chi connectivity index (χ4v) is 1.87. The van der Waals surface area contributed by atoms with Gasteiger partial charge in [-0.3, -0.25) is 0 Å². The fourth-order valence-electron chi connectivity index (χ4n) is 1.87. The smallest absolute Gasteiger partial charge is 0.120 e. The lowest BCUT2D eigenvalue weighted by Crippen LogP contribution is -2.25. The predicted molar refractivity (Wildman–Crippen MR) is 66.1 cm³/mol. The van der Waals surface area contributed by atoms with Gasteiger partial charge in [-0.15, -0.1) is 0 Å². The van der Waals surface area contributed by atoms with Crippen LogP contribution < -0.4 is 5.32 Å². The van der Waals surface area contributed by atoms with Gasteiger partial charge in [0.2, 0.25) is 0 Å². The number of aromatic nitrogens is 1. The maximum Gasteiger partial charge on any atom is 0.120 e. The number of rotatable bonds is 5. The number of hydrogen-bond acceptors (Lipinski definition) is 2. The Balaban J connectivity index is 2.65. The molecule has 0 spiro atoms. The van der Waals surface area contributed by atoms with Gasteiger partial charge >= 0.3 is 0 Å². The minimum atomic E-state index is 0.537. The summed E-state index contributed by atoms with van der Waals surface area (Å²) in [5, 5.41) is 12.4. The van der Waals surface area contributed by atoms with E-state index in [2.05, 4.69) is 32.2 Å². The largest absolute Gasteiger partial charge is 0.340 e. The number of hydrogen-bond donors (Lipinski definition) is 1. The van der Waals surface area contributed by atoms with Crippen molar-refractivity contribution in [3.8, 4) is 6.07 Å². The first kappa shape index (κ1) is 12.8. The summed E-state index contributed by atoms with van der Waals surface area (Å²) < 4.78 is 1.95. The lowest BCUT2D eigenvalue weighted by atomic mass is 10.2. The molecule has 0 aliphatic heterocycles. The standard InChI is InChI=1S/C13H21N3/c1-5-6-10(2)15-9-12-7-13(8-14)16(4)11(12)3/h7,10,15H,5-6,9H2,1-4H3. The summed E-state index contributed by atoms with van der Waals surface area (Å²) in [6, 6.07) is 4.71. The molecule has 1 rings (SSSR count). The molecule has 0 bridgehead atoms. The molecule has 1 heterocycles. The van der Waals surface area contributed by atoms with Crippen molar-refractivity contribution in [2.45, 2.75) is 46.2 Å². The summed E-state index contributed by atoms with van der Waals surface area (Å²) in [5.41, 5.74) is 3.13. The van der Waals surface area contributed by atoms with Crippen LogP contribution >= 0.6 is 0 Å². The molecule has 1 unspecified atom stereocenters. The summed E-state index contributed by atoms with van der Waals surface area (Å²) in [5.74, 6) is 0. The second kappa shape index (κ2) is 5.72. The summed E-state index contributed by atoms with van der Waals surface area (Å²) in [4.78, 5) is 0. The zero-order valence-electron chi connectivity index (χ0n) is 10.7. The van der Waals surface area contributed by atoms with Gasteiger partial charge in [0.05, 0.1) is 0 Å². The van der Waals surface area contributed by atoms with Crippen molar-refractivity contribution in [2.24, 2.45) is 7.05 Å². The van der Waals surface area contributed by atoms with Gasteiger partial charge in [0.15, 0.2) is 0 Å². The number of nitrogens with one attached hydrogen (secondary N) is 1. The zero-order chi connectivity index (χ0) is 12.1. The second-order valence-corrected chi connectivity index (χ2v) is 4.38. The van der Waals surface area contributed by atoms with Gasteiger partial charge < -0.3 is 9.88 Å². The van der Waals surface area contributed by atoms with Crippen LogP contribution in [0.1, 0.15) is 43.6 Å². The zero-order valence-corrected chi connectivity index (χ0v) is 10.7. The van der Waals surface area contributed by atoms with Gasteiger partial charge in [-0.25, -0.2) is 0 Å². The molecule has 0 saturated carbocycles. The van der Waals surface area contributed by atoms with Gasteiger partial charge in [-0.1, -0.05) is 13.3 Å². The highest BCUT2D eigenvalue weighted by Gasteiger charge is 2.09. The van der Waals surface area contributed by atoms with Crippen molar-refractivity contribution < 1.29 is 0 Å². The van der Waals surface area contributed by atoms with Crippen LogP contribution in [-0.2, 0) is 13.6 Å². The van der Waals surface area contributed by atoms with Crippen LogP contribution in [0.2, 0.25) is 0 Å². The lowest BCUT2D eigenvalue weighted by molar-refractivity contribution is 0.507. The Hall–Kier alpha value is -1.27. The Kier molecular flexibility index (Phi) is 4.57. The average Bonchev–Trinajstić information content (AvgIpc) is 2.54. The Morgan fingerprint density at radius 3 is 2.75 bits per heavy atom. The molecule has 0 aromatic carbocycles. The van der Waals surface area contributed by atoms with Gasteiger partial charge in [0, 0.05) is 25.3 Å². The second-order valence-electron chi connectivity index (χ2n) is 4.38. The molecule has 0 radical (unpaired) electrons. The first-order valence-electron chi connectivity index (χ1n) is 5.88. The quantitative estimate of drug-likeness (QED) is 0.826. The number of nitrogens with zero attached hydrogens (tertiary/aromatic N) is 2. The molecule has 0 saturated heterocycles. The maximum absolute atomic E-state index is 8.93. The molecule has 1 aromatic heterocycles. The molecule has 1 N–H and O–H groups in total. The topological polar surface area (TPSA) is 40.8 Å². The Bertz CT molecular complexity index is 385. The summed E-state index contributed by atoms with van der Waals surface area (Å²) in [7, 11) is 1.94. The predicted octanol–water partition coefficient (Wildman–Crippen LogP) is 2.48. The van der Waals surface area contributed by atoms with E-state index in [-0.39, 0.29) is 0 Å². The van der Waals surface area contributed by atoms with Crippen LogP contribution in [0.3, 0.4) is 0 Å². The van der Waals surface area contributed by atoms with Crippen molar-refractivity contribution in [2.75, 3.05) is 0 Å². The molecule has 0 fully saturated rings. The molecule has 88 valence electrons. The number of nitriles is 1. The van der Waals surface area contributed by atoms with E-state index in [1.54, 1.807) is 0 Å². The molecular weight excluding hydrogens is 198 g/mol. The summed E-state index contributed by atoms with van der Waals surface area (Å²) in [6.45, 7) is 7.30. The minimum absolute atomic E-state index is 0.537. The van der Waals surface area contributed by atoms with Crippen LogP contribution in [0.4, 0.5) is 0 Å². The van der Waals surface area contributed by atoms with Gasteiger partial charge in [-0.05, 0) is 31.9 Å². The normalized spacial score (nSPS) is 12.4. The lowest BCUT2D eigenvalue weighted by Gasteiger charge is -2.12. The highest BCUT2D eigenvalue weighted by molar-refractivity contribution is 5.34. The maximum atomic E-state index is 8.93. The SMILES string of the molecule is CCCC(C)NCc1cc(C#N)n(C)c1C. The summed E-state index contributed by atoms with van der Waals surface area (Å²) >= 11 is 0. The van der Waals surface area contributed by atoms with Crippen LogP contribution in [0.25, 0.3) is 0 Å². The highest BCUT2D eigenvalue weighted by atomic mass is 15.0. The van der Waals surface area contributed by atoms with Crippen LogP contribution in [-0.4, -0.2) is 10.6 Å². The van der Waals surface area contributed by atoms with E-state index in [9.17, 15) is 0 Å². The van der Waals surface area contributed by atoms with E-state index in [0.717, 1.165) is 12.2 Å². The fraction of sp³-hybridized carbons (Fsp3) is 0.615. The third kappa shape index (κ3) is 2.86. The Morgan fingerprint density at radius 2 is 2.25 bits per heavy atom. The Labute approximate surface area is 98.1 Å². The van der Waals surface area contributed by atoms with Crippen molar-refractivity contribution in [1.82, 2.24) is 9.88 Å². The van der Waals surface area contributed by atoms with Gasteiger partial charge in [0.1, 0.15) is 11.8 Å². The van der Waals surface area contributed by atoms with E-state index in [4.69, 9.17) is 5.26 Å². The van der Waals surface area contributed by atoms with Gasteiger partial charge in [0.25, 0.3) is 0 Å². The van der Waals surface area contributed by atoms with Crippen LogP contribution in [0.15, 0.2) is 6.07 Å². The first-order valence-corrected chi connectivity index (χ1v) is 5.88. The van der Waals surface area contributed by atoms with Crippen molar-refractivity contribution in [3.63, 3.8) is 0 Å². The van der Waals surface area contributed by atoms with Crippen molar-refractivity contribution in [3.05, 3.63) is 23.0 Å². The molecule has 0 aliphatic carbocycles. The van der Waals surface area contributed by atoms with Gasteiger partial charge in [-0.2, -0.15) is 5.26 Å². The highest BCUT2D eigenvalue weighted by Crippen LogP contribution is 2.13. The molecule has 3 nitrogen and oxygen atoms in total. The van der Waals surface area contributed by atoms with E-state index < -0.39 is 0 Å². The molecule has 1 atom stereocenters. The molecular formula is C13H21N3. The van der Waals surface area contributed by atoms with E-state index in [1.165, 1.54) is 24.1 Å². The van der Waals surface area contributed by atoms with Crippen LogP contribution in [0, 0.1) is 18.3 Å². The third-order valence-electron chi connectivity index (χ3n) is 3.12. The molecule has 3 heteroatoms. The molecule has 1 aromatic rings. The van der Waals surface area contributed by atoms with E-state index in [1.807, 2.05) is 17.7 Å². The van der Waals surface area contributed by atoms with E-state index >= 15 is 0 Å². The monoisotopic (exact) mass is 219 g/mol. The molecule has 0 amide bonds. The molecule has 16 heavy (non-hydrogen) atoms. The Morgan fingerprint density at radius 1 is 1.56 bits per heavy atom.